The second-order valence-electron chi connectivity index (χ2n) is 5.63. The molecule has 2 aliphatic rings. The Kier molecular flexibility index (Phi) is 3.72. The molecule has 3 rings (SSSR count). The van der Waals surface area contributed by atoms with E-state index in [9.17, 15) is 9.59 Å². The van der Waals surface area contributed by atoms with Crippen LogP contribution in [0.5, 0.6) is 0 Å². The molecule has 2 aliphatic heterocycles. The number of carbonyl (C=O) groups is 2. The zero-order valence-electron chi connectivity index (χ0n) is 11.6. The molecule has 1 aromatic rings. The van der Waals surface area contributed by atoms with Crippen LogP contribution in [0.4, 0.5) is 5.69 Å². The number of amides is 2. The Morgan fingerprint density at radius 2 is 1.75 bits per heavy atom. The molecule has 0 radical (unpaired) electrons. The van der Waals surface area contributed by atoms with Gasteiger partial charge in [0.15, 0.2) is 0 Å². The van der Waals surface area contributed by atoms with Crippen LogP contribution in [0.15, 0.2) is 30.3 Å². The minimum atomic E-state index is -0.166. The van der Waals surface area contributed by atoms with Gasteiger partial charge in [0.2, 0.25) is 11.8 Å². The summed E-state index contributed by atoms with van der Waals surface area (Å²) in [5.74, 6) is 0.0591. The Morgan fingerprint density at radius 1 is 1.05 bits per heavy atom. The van der Waals surface area contributed by atoms with Crippen LogP contribution in [0, 0.1) is 5.92 Å². The van der Waals surface area contributed by atoms with Crippen molar-refractivity contribution >= 4 is 17.5 Å². The lowest BCUT2D eigenvalue weighted by molar-refractivity contribution is -0.136. The summed E-state index contributed by atoms with van der Waals surface area (Å²) in [6.45, 7) is 2.24. The highest BCUT2D eigenvalue weighted by Crippen LogP contribution is 2.26. The Labute approximate surface area is 119 Å². The standard InChI is InChI=1S/C16H20N2O2/c19-15-11-13(16(20)17-9-5-2-6-10-17)12-18(15)14-7-3-1-4-8-14/h1,3-4,7-8,13H,2,5-6,9-12H2/t13-/m1/s1. The molecule has 0 unspecified atom stereocenters. The number of hydrogen-bond donors (Lipinski definition) is 0. The highest BCUT2D eigenvalue weighted by molar-refractivity contribution is 6.00. The number of para-hydroxylation sites is 1. The van der Waals surface area contributed by atoms with Crippen molar-refractivity contribution < 1.29 is 9.59 Å². The topological polar surface area (TPSA) is 40.6 Å². The monoisotopic (exact) mass is 272 g/mol. The molecule has 0 aromatic heterocycles. The van der Waals surface area contributed by atoms with Crippen LogP contribution >= 0.6 is 0 Å². The van der Waals surface area contributed by atoms with Gasteiger partial charge in [0.05, 0.1) is 5.92 Å². The normalized spacial score (nSPS) is 23.2. The van der Waals surface area contributed by atoms with Gasteiger partial charge >= 0.3 is 0 Å². The molecule has 2 saturated heterocycles. The fourth-order valence-corrected chi connectivity index (χ4v) is 3.10. The van der Waals surface area contributed by atoms with E-state index in [1.54, 1.807) is 4.90 Å². The van der Waals surface area contributed by atoms with Crippen molar-refractivity contribution in [2.75, 3.05) is 24.5 Å². The van der Waals surface area contributed by atoms with Crippen LogP contribution in [0.1, 0.15) is 25.7 Å². The van der Waals surface area contributed by atoms with Crippen LogP contribution in [-0.2, 0) is 9.59 Å². The van der Waals surface area contributed by atoms with E-state index in [1.165, 1.54) is 6.42 Å². The number of rotatable bonds is 2. The maximum absolute atomic E-state index is 12.5. The molecule has 106 valence electrons. The average Bonchev–Trinajstić information content (AvgIpc) is 2.90. The molecule has 4 heteroatoms. The number of nitrogens with zero attached hydrogens (tertiary/aromatic N) is 2. The minimum absolute atomic E-state index is 0.0616. The summed E-state index contributed by atoms with van der Waals surface area (Å²) in [6.07, 6.45) is 3.75. The van der Waals surface area contributed by atoms with Crippen molar-refractivity contribution in [2.45, 2.75) is 25.7 Å². The van der Waals surface area contributed by atoms with Crippen molar-refractivity contribution in [3.8, 4) is 0 Å². The number of piperidine rings is 1. The van der Waals surface area contributed by atoms with Gasteiger partial charge in [-0.25, -0.2) is 0 Å². The van der Waals surface area contributed by atoms with E-state index in [0.29, 0.717) is 13.0 Å². The van der Waals surface area contributed by atoms with Crippen LogP contribution in [0.3, 0.4) is 0 Å². The zero-order chi connectivity index (χ0) is 13.9. The zero-order valence-corrected chi connectivity index (χ0v) is 11.6. The van der Waals surface area contributed by atoms with Gasteiger partial charge < -0.3 is 9.80 Å². The van der Waals surface area contributed by atoms with Crippen molar-refractivity contribution in [1.29, 1.82) is 0 Å². The van der Waals surface area contributed by atoms with E-state index in [0.717, 1.165) is 31.6 Å². The predicted octanol–water partition coefficient (Wildman–Crippen LogP) is 2.05. The third-order valence-electron chi connectivity index (χ3n) is 4.21. The smallest absolute Gasteiger partial charge is 0.228 e. The van der Waals surface area contributed by atoms with Gasteiger partial charge in [0.25, 0.3) is 0 Å². The van der Waals surface area contributed by atoms with E-state index in [4.69, 9.17) is 0 Å². The van der Waals surface area contributed by atoms with E-state index in [2.05, 4.69) is 0 Å². The number of carbonyl (C=O) groups excluding carboxylic acids is 2. The maximum Gasteiger partial charge on any atom is 0.228 e. The molecule has 1 atom stereocenters. The summed E-state index contributed by atoms with van der Waals surface area (Å²) in [5.41, 5.74) is 0.895. The summed E-state index contributed by atoms with van der Waals surface area (Å²) in [5, 5.41) is 0. The Bertz CT molecular complexity index is 494. The molecule has 0 bridgehead atoms. The van der Waals surface area contributed by atoms with E-state index in [-0.39, 0.29) is 17.7 Å². The SMILES string of the molecule is O=C([C@@H]1CC(=O)N(c2ccccc2)C1)N1CCCCC1. The third kappa shape index (κ3) is 2.55. The van der Waals surface area contributed by atoms with Gasteiger partial charge in [-0.05, 0) is 31.4 Å². The van der Waals surface area contributed by atoms with Crippen molar-refractivity contribution in [3.63, 3.8) is 0 Å². The van der Waals surface area contributed by atoms with Gasteiger partial charge in [-0.1, -0.05) is 18.2 Å². The largest absolute Gasteiger partial charge is 0.342 e. The quantitative estimate of drug-likeness (QED) is 0.826. The van der Waals surface area contributed by atoms with Gasteiger partial charge in [0, 0.05) is 31.7 Å². The highest BCUT2D eigenvalue weighted by Gasteiger charge is 2.37. The van der Waals surface area contributed by atoms with Crippen LogP contribution in [-0.4, -0.2) is 36.3 Å². The number of anilines is 1. The van der Waals surface area contributed by atoms with Crippen LogP contribution in [0.2, 0.25) is 0 Å². The second kappa shape index (κ2) is 5.65. The molecular weight excluding hydrogens is 252 g/mol. The van der Waals surface area contributed by atoms with Crippen LogP contribution < -0.4 is 4.90 Å². The summed E-state index contributed by atoms with van der Waals surface area (Å²) in [7, 11) is 0. The Balaban J connectivity index is 1.68. The molecule has 2 heterocycles. The van der Waals surface area contributed by atoms with Gasteiger partial charge in [-0.15, -0.1) is 0 Å². The molecular formula is C16H20N2O2. The highest BCUT2D eigenvalue weighted by atomic mass is 16.2. The average molecular weight is 272 g/mol. The first kappa shape index (κ1) is 13.2. The Hall–Kier alpha value is -1.84. The van der Waals surface area contributed by atoms with Crippen LogP contribution in [0.25, 0.3) is 0 Å². The van der Waals surface area contributed by atoms with Gasteiger partial charge in [-0.3, -0.25) is 9.59 Å². The molecule has 0 spiro atoms. The summed E-state index contributed by atoms with van der Waals surface area (Å²) < 4.78 is 0. The lowest BCUT2D eigenvalue weighted by atomic mass is 10.0. The first-order valence-corrected chi connectivity index (χ1v) is 7.40. The number of benzene rings is 1. The summed E-state index contributed by atoms with van der Waals surface area (Å²) >= 11 is 0. The number of hydrogen-bond acceptors (Lipinski definition) is 2. The lowest BCUT2D eigenvalue weighted by Crippen LogP contribution is -2.40. The molecule has 0 aliphatic carbocycles. The molecule has 0 saturated carbocycles. The first-order chi connectivity index (χ1) is 9.75. The fraction of sp³-hybridized carbons (Fsp3) is 0.500. The Morgan fingerprint density at radius 3 is 2.45 bits per heavy atom. The number of likely N-dealkylation sites (tertiary alicyclic amines) is 1. The van der Waals surface area contributed by atoms with Gasteiger partial charge in [-0.2, -0.15) is 0 Å². The van der Waals surface area contributed by atoms with E-state index < -0.39 is 0 Å². The molecule has 1 aromatic carbocycles. The minimum Gasteiger partial charge on any atom is -0.342 e. The summed E-state index contributed by atoms with van der Waals surface area (Å²) in [6, 6.07) is 9.61. The maximum atomic E-state index is 12.5. The predicted molar refractivity (Wildman–Crippen MR) is 77.3 cm³/mol. The second-order valence-corrected chi connectivity index (χ2v) is 5.63. The van der Waals surface area contributed by atoms with Crippen molar-refractivity contribution in [3.05, 3.63) is 30.3 Å². The van der Waals surface area contributed by atoms with Gasteiger partial charge in [0.1, 0.15) is 0 Å². The molecule has 20 heavy (non-hydrogen) atoms. The molecule has 2 amide bonds. The fourth-order valence-electron chi connectivity index (χ4n) is 3.10. The first-order valence-electron chi connectivity index (χ1n) is 7.40. The van der Waals surface area contributed by atoms with Crippen molar-refractivity contribution in [2.24, 2.45) is 5.92 Å². The van der Waals surface area contributed by atoms with E-state index in [1.807, 2.05) is 35.2 Å². The molecule has 0 N–H and O–H groups in total. The molecule has 2 fully saturated rings. The van der Waals surface area contributed by atoms with E-state index >= 15 is 0 Å². The third-order valence-corrected chi connectivity index (χ3v) is 4.21. The molecule has 4 nitrogen and oxygen atoms in total. The van der Waals surface area contributed by atoms with Crippen molar-refractivity contribution in [1.82, 2.24) is 4.90 Å². The summed E-state index contributed by atoms with van der Waals surface area (Å²) in [4.78, 5) is 28.3. The lowest BCUT2D eigenvalue weighted by Gasteiger charge is -2.29.